The Morgan fingerprint density at radius 3 is 2.50 bits per heavy atom. The molecule has 1 amide bonds. The molecule has 0 spiro atoms. The predicted molar refractivity (Wildman–Crippen MR) is 66.9 cm³/mol. The van der Waals surface area contributed by atoms with Crippen molar-refractivity contribution >= 4 is 28.7 Å². The van der Waals surface area contributed by atoms with Gasteiger partial charge >= 0.3 is 6.09 Å². The van der Waals surface area contributed by atoms with E-state index in [4.69, 9.17) is 4.74 Å². The molecule has 0 bridgehead atoms. The van der Waals surface area contributed by atoms with E-state index in [1.54, 1.807) is 11.0 Å². The maximum absolute atomic E-state index is 11.6. The van der Waals surface area contributed by atoms with Crippen LogP contribution in [0, 0.1) is 0 Å². The van der Waals surface area contributed by atoms with E-state index < -0.39 is 0 Å². The molecule has 1 atom stereocenters. The molecule has 1 unspecified atom stereocenters. The molecule has 0 aromatic carbocycles. The van der Waals surface area contributed by atoms with Crippen LogP contribution in [0.5, 0.6) is 0 Å². The molecule has 0 saturated carbocycles. The normalized spacial score (nSPS) is 12.4. The zero-order valence-electron chi connectivity index (χ0n) is 9.00. The number of ether oxygens (including phenoxy) is 1. The van der Waals surface area contributed by atoms with Gasteiger partial charge in [-0.3, -0.25) is 0 Å². The van der Waals surface area contributed by atoms with Gasteiger partial charge in [0, 0.05) is 16.5 Å². The molecular formula is C10H18INO2. The fourth-order valence-corrected chi connectivity index (χ4v) is 1.60. The molecule has 82 valence electrons. The quantitative estimate of drug-likeness (QED) is 0.444. The van der Waals surface area contributed by atoms with Crippen LogP contribution in [0.2, 0.25) is 0 Å². The number of nitrogens with zero attached hydrogens (tertiary/aromatic N) is 1. The highest BCUT2D eigenvalue weighted by atomic mass is 127. The SMILES string of the molecule is C=CCOC(=O)N(C(C)C)C(C)CI. The van der Waals surface area contributed by atoms with Crippen LogP contribution in [0.25, 0.3) is 0 Å². The van der Waals surface area contributed by atoms with Crippen molar-refractivity contribution in [3.8, 4) is 0 Å². The van der Waals surface area contributed by atoms with Crippen LogP contribution in [0.15, 0.2) is 12.7 Å². The largest absolute Gasteiger partial charge is 0.445 e. The molecule has 3 nitrogen and oxygen atoms in total. The summed E-state index contributed by atoms with van der Waals surface area (Å²) in [6.45, 7) is 9.76. The number of rotatable bonds is 5. The smallest absolute Gasteiger partial charge is 0.410 e. The topological polar surface area (TPSA) is 29.5 Å². The average molecular weight is 311 g/mol. The summed E-state index contributed by atoms with van der Waals surface area (Å²) in [5, 5.41) is 0. The number of amides is 1. The van der Waals surface area contributed by atoms with Gasteiger partial charge in [-0.15, -0.1) is 0 Å². The molecule has 0 aromatic heterocycles. The molecule has 0 aliphatic rings. The Balaban J connectivity index is 4.33. The van der Waals surface area contributed by atoms with Crippen LogP contribution in [0.1, 0.15) is 20.8 Å². The number of alkyl halides is 1. The second kappa shape index (κ2) is 7.09. The summed E-state index contributed by atoms with van der Waals surface area (Å²) < 4.78 is 5.91. The predicted octanol–water partition coefficient (Wildman–Crippen LogP) is 2.84. The zero-order chi connectivity index (χ0) is 11.1. The third kappa shape index (κ3) is 4.30. The van der Waals surface area contributed by atoms with Crippen LogP contribution < -0.4 is 0 Å². The minimum absolute atomic E-state index is 0.164. The van der Waals surface area contributed by atoms with Gasteiger partial charge in [0.25, 0.3) is 0 Å². The lowest BCUT2D eigenvalue weighted by atomic mass is 10.2. The van der Waals surface area contributed by atoms with E-state index in [0.29, 0.717) is 0 Å². The Morgan fingerprint density at radius 1 is 1.57 bits per heavy atom. The highest BCUT2D eigenvalue weighted by Gasteiger charge is 2.22. The first-order chi connectivity index (χ1) is 6.54. The molecular weight excluding hydrogens is 293 g/mol. The molecule has 0 saturated heterocycles. The van der Waals surface area contributed by atoms with E-state index in [0.717, 1.165) is 4.43 Å². The molecule has 0 aliphatic heterocycles. The molecule has 14 heavy (non-hydrogen) atoms. The summed E-state index contributed by atoms with van der Waals surface area (Å²) in [5.74, 6) is 0. The summed E-state index contributed by atoms with van der Waals surface area (Å²) in [4.78, 5) is 13.3. The first kappa shape index (κ1) is 13.7. The maximum Gasteiger partial charge on any atom is 0.410 e. The summed E-state index contributed by atoms with van der Waals surface area (Å²) in [7, 11) is 0. The van der Waals surface area contributed by atoms with E-state index >= 15 is 0 Å². The second-order valence-corrected chi connectivity index (χ2v) is 4.25. The van der Waals surface area contributed by atoms with Gasteiger partial charge in [0.1, 0.15) is 6.61 Å². The Bertz CT molecular complexity index is 195. The van der Waals surface area contributed by atoms with Crippen LogP contribution in [0.4, 0.5) is 4.79 Å². The third-order valence-corrected chi connectivity index (χ3v) is 3.06. The number of hydrogen-bond donors (Lipinski definition) is 0. The third-order valence-electron chi connectivity index (χ3n) is 1.79. The van der Waals surface area contributed by atoms with Crippen molar-refractivity contribution in [2.75, 3.05) is 11.0 Å². The van der Waals surface area contributed by atoms with Gasteiger partial charge in [-0.2, -0.15) is 0 Å². The summed E-state index contributed by atoms with van der Waals surface area (Å²) >= 11 is 2.26. The summed E-state index contributed by atoms with van der Waals surface area (Å²) in [6.07, 6.45) is 1.31. The van der Waals surface area contributed by atoms with Gasteiger partial charge in [-0.25, -0.2) is 4.79 Å². The van der Waals surface area contributed by atoms with E-state index in [1.807, 2.05) is 20.8 Å². The van der Waals surface area contributed by atoms with Crippen LogP contribution >= 0.6 is 22.6 Å². The first-order valence-corrected chi connectivity index (χ1v) is 6.19. The Morgan fingerprint density at radius 2 is 2.14 bits per heavy atom. The number of carbonyl (C=O) groups is 1. The van der Waals surface area contributed by atoms with E-state index in [9.17, 15) is 4.79 Å². The standard InChI is InChI=1S/C10H18INO2/c1-5-6-14-10(13)12(8(2)3)9(4)7-11/h5,8-9H,1,6-7H2,2-4H3. The lowest BCUT2D eigenvalue weighted by Gasteiger charge is -2.30. The van der Waals surface area contributed by atoms with E-state index in [2.05, 4.69) is 29.2 Å². The fourth-order valence-electron chi connectivity index (χ4n) is 1.18. The minimum Gasteiger partial charge on any atom is -0.445 e. The maximum atomic E-state index is 11.6. The van der Waals surface area contributed by atoms with Crippen molar-refractivity contribution in [1.29, 1.82) is 0 Å². The molecule has 0 N–H and O–H groups in total. The van der Waals surface area contributed by atoms with Crippen molar-refractivity contribution in [2.45, 2.75) is 32.9 Å². The Hall–Kier alpha value is -0.260. The van der Waals surface area contributed by atoms with Crippen molar-refractivity contribution in [3.05, 3.63) is 12.7 Å². The lowest BCUT2D eigenvalue weighted by molar-refractivity contribution is 0.0889. The Kier molecular flexibility index (Phi) is 6.96. The fraction of sp³-hybridized carbons (Fsp3) is 0.700. The average Bonchev–Trinajstić information content (AvgIpc) is 2.14. The van der Waals surface area contributed by atoms with Crippen molar-refractivity contribution in [3.63, 3.8) is 0 Å². The molecule has 0 aliphatic carbocycles. The van der Waals surface area contributed by atoms with Crippen LogP contribution in [-0.4, -0.2) is 34.1 Å². The number of halogens is 1. The van der Waals surface area contributed by atoms with Gasteiger partial charge in [-0.05, 0) is 20.8 Å². The van der Waals surface area contributed by atoms with Crippen molar-refractivity contribution in [2.24, 2.45) is 0 Å². The highest BCUT2D eigenvalue weighted by Crippen LogP contribution is 2.10. The van der Waals surface area contributed by atoms with E-state index in [1.165, 1.54) is 0 Å². The minimum atomic E-state index is -0.260. The number of carbonyl (C=O) groups excluding carboxylic acids is 1. The molecule has 4 heteroatoms. The van der Waals surface area contributed by atoms with Crippen LogP contribution in [0.3, 0.4) is 0 Å². The lowest BCUT2D eigenvalue weighted by Crippen LogP contribution is -2.44. The molecule has 0 heterocycles. The molecule has 0 radical (unpaired) electrons. The van der Waals surface area contributed by atoms with Gasteiger partial charge in [0.05, 0.1) is 0 Å². The highest BCUT2D eigenvalue weighted by molar-refractivity contribution is 14.1. The van der Waals surface area contributed by atoms with Crippen LogP contribution in [-0.2, 0) is 4.74 Å². The first-order valence-electron chi connectivity index (χ1n) is 4.66. The van der Waals surface area contributed by atoms with Gasteiger partial charge in [0.15, 0.2) is 0 Å². The van der Waals surface area contributed by atoms with E-state index in [-0.39, 0.29) is 24.8 Å². The summed E-state index contributed by atoms with van der Waals surface area (Å²) in [6, 6.07) is 0.366. The second-order valence-electron chi connectivity index (χ2n) is 3.37. The molecule has 0 aromatic rings. The zero-order valence-corrected chi connectivity index (χ0v) is 11.2. The molecule has 0 fully saturated rings. The van der Waals surface area contributed by atoms with Gasteiger partial charge in [-0.1, -0.05) is 35.2 Å². The van der Waals surface area contributed by atoms with Crippen molar-refractivity contribution in [1.82, 2.24) is 4.90 Å². The molecule has 0 rings (SSSR count). The van der Waals surface area contributed by atoms with Crippen molar-refractivity contribution < 1.29 is 9.53 Å². The monoisotopic (exact) mass is 311 g/mol. The Labute approximate surface area is 99.6 Å². The number of hydrogen-bond acceptors (Lipinski definition) is 2. The summed E-state index contributed by atoms with van der Waals surface area (Å²) in [5.41, 5.74) is 0. The van der Waals surface area contributed by atoms with Gasteiger partial charge in [0.2, 0.25) is 0 Å². The van der Waals surface area contributed by atoms with Gasteiger partial charge < -0.3 is 9.64 Å².